The van der Waals surface area contributed by atoms with Crippen LogP contribution in [-0.2, 0) is 9.59 Å². The Morgan fingerprint density at radius 3 is 2.72 bits per heavy atom. The van der Waals surface area contributed by atoms with Crippen molar-refractivity contribution in [2.45, 2.75) is 25.8 Å². The number of hydrogen-bond donors (Lipinski definition) is 1. The molecular weight excluding hydrogens is 391 g/mol. The first-order valence-electron chi connectivity index (χ1n) is 9.35. The summed E-state index contributed by atoms with van der Waals surface area (Å²) in [5.41, 5.74) is 2.06. The van der Waals surface area contributed by atoms with Crippen LogP contribution in [0.3, 0.4) is 0 Å². The Bertz CT molecular complexity index is 1020. The number of halogens is 1. The highest BCUT2D eigenvalue weighted by atomic mass is 32.2. The second kappa shape index (κ2) is 8.16. The van der Waals surface area contributed by atoms with Crippen molar-refractivity contribution in [3.05, 3.63) is 59.9 Å². The second-order valence-electron chi connectivity index (χ2n) is 6.69. The van der Waals surface area contributed by atoms with Crippen molar-refractivity contribution >= 4 is 46.0 Å². The lowest BCUT2D eigenvalue weighted by atomic mass is 10.1. The summed E-state index contributed by atoms with van der Waals surface area (Å²) in [6, 6.07) is 12.7. The highest BCUT2D eigenvalue weighted by molar-refractivity contribution is 8.14. The lowest BCUT2D eigenvalue weighted by Crippen LogP contribution is -2.41. The summed E-state index contributed by atoms with van der Waals surface area (Å²) in [4.78, 5) is 36.0. The smallest absolute Gasteiger partial charge is 0.259 e. The Morgan fingerprint density at radius 2 is 1.97 bits per heavy atom. The van der Waals surface area contributed by atoms with Crippen LogP contribution in [0.25, 0.3) is 0 Å². The SMILES string of the molecule is CCC[C@H]1N=C2c3ccccc3N=C(SCC(=O)Nc3ccc(F)cc3)N2C1=O. The number of hydrogen-bond acceptors (Lipinski definition) is 5. The number of rotatable bonds is 5. The van der Waals surface area contributed by atoms with Gasteiger partial charge in [-0.25, -0.2) is 14.3 Å². The molecule has 0 radical (unpaired) electrons. The standard InChI is InChI=1S/C21H19FN4O2S/c1-2-5-17-20(28)26-19(24-17)15-6-3-4-7-16(15)25-21(26)29-12-18(27)23-14-10-8-13(22)9-11-14/h3-4,6-11,17H,2,5,12H2,1H3,(H,23,27)/t17-/m1/s1. The molecule has 0 bridgehead atoms. The van der Waals surface area contributed by atoms with E-state index in [1.54, 1.807) is 0 Å². The Labute approximate surface area is 171 Å². The van der Waals surface area contributed by atoms with E-state index in [-0.39, 0.29) is 23.4 Å². The first-order chi connectivity index (χ1) is 14.1. The molecule has 1 atom stereocenters. The van der Waals surface area contributed by atoms with Crippen molar-refractivity contribution in [1.29, 1.82) is 0 Å². The highest BCUT2D eigenvalue weighted by Gasteiger charge is 2.40. The molecule has 6 nitrogen and oxygen atoms in total. The van der Waals surface area contributed by atoms with Gasteiger partial charge < -0.3 is 5.32 Å². The van der Waals surface area contributed by atoms with E-state index in [0.717, 1.165) is 17.7 Å². The maximum absolute atomic E-state index is 13.0. The molecule has 0 saturated heterocycles. The summed E-state index contributed by atoms with van der Waals surface area (Å²) in [5.74, 6) is -0.0810. The summed E-state index contributed by atoms with van der Waals surface area (Å²) < 4.78 is 13.0. The molecule has 1 N–H and O–H groups in total. The fourth-order valence-electron chi connectivity index (χ4n) is 3.22. The number of carbonyl (C=O) groups excluding carboxylic acids is 2. The number of aliphatic imine (C=N–C) groups is 2. The van der Waals surface area contributed by atoms with Crippen molar-refractivity contribution < 1.29 is 14.0 Å². The number of anilines is 1. The molecule has 148 valence electrons. The van der Waals surface area contributed by atoms with Gasteiger partial charge in [-0.2, -0.15) is 0 Å². The van der Waals surface area contributed by atoms with Gasteiger partial charge in [0.1, 0.15) is 17.7 Å². The van der Waals surface area contributed by atoms with Gasteiger partial charge in [-0.1, -0.05) is 37.2 Å². The molecule has 0 fully saturated rings. The van der Waals surface area contributed by atoms with E-state index in [2.05, 4.69) is 15.3 Å². The van der Waals surface area contributed by atoms with Gasteiger partial charge in [0.05, 0.1) is 11.4 Å². The summed E-state index contributed by atoms with van der Waals surface area (Å²) in [5, 5.41) is 3.16. The van der Waals surface area contributed by atoms with Gasteiger partial charge in [0.2, 0.25) is 5.91 Å². The molecule has 0 aromatic heterocycles. The third-order valence-corrected chi connectivity index (χ3v) is 5.51. The van der Waals surface area contributed by atoms with E-state index in [1.807, 2.05) is 31.2 Å². The van der Waals surface area contributed by atoms with Gasteiger partial charge in [-0.3, -0.25) is 14.6 Å². The third kappa shape index (κ3) is 3.93. The molecule has 8 heteroatoms. The number of carbonyl (C=O) groups is 2. The van der Waals surface area contributed by atoms with Crippen LogP contribution in [0.5, 0.6) is 0 Å². The molecule has 4 rings (SSSR count). The number of nitrogens with zero attached hydrogens (tertiary/aromatic N) is 3. The topological polar surface area (TPSA) is 74.1 Å². The average molecular weight is 410 g/mol. The molecule has 2 aliphatic heterocycles. The minimum absolute atomic E-state index is 0.0634. The number of para-hydroxylation sites is 1. The molecule has 2 aromatic carbocycles. The van der Waals surface area contributed by atoms with Gasteiger partial charge >= 0.3 is 0 Å². The molecule has 2 amide bonds. The zero-order chi connectivity index (χ0) is 20.4. The van der Waals surface area contributed by atoms with E-state index in [1.165, 1.54) is 40.9 Å². The first kappa shape index (κ1) is 19.3. The van der Waals surface area contributed by atoms with Gasteiger partial charge in [0.15, 0.2) is 5.17 Å². The van der Waals surface area contributed by atoms with E-state index < -0.39 is 6.04 Å². The van der Waals surface area contributed by atoms with E-state index in [4.69, 9.17) is 0 Å². The van der Waals surface area contributed by atoms with Crippen LogP contribution in [0.15, 0.2) is 58.5 Å². The normalized spacial score (nSPS) is 17.4. The molecular formula is C21H19FN4O2S. The number of fused-ring (bicyclic) bond motifs is 3. The minimum atomic E-state index is -0.417. The average Bonchev–Trinajstić information content (AvgIpc) is 3.05. The Kier molecular flexibility index (Phi) is 5.44. The lowest BCUT2D eigenvalue weighted by molar-refractivity contribution is -0.124. The number of benzene rings is 2. The molecule has 0 aliphatic carbocycles. The van der Waals surface area contributed by atoms with Crippen LogP contribution in [0.1, 0.15) is 25.3 Å². The van der Waals surface area contributed by atoms with Crippen molar-refractivity contribution in [2.75, 3.05) is 11.1 Å². The zero-order valence-corrected chi connectivity index (χ0v) is 16.6. The van der Waals surface area contributed by atoms with E-state index in [0.29, 0.717) is 23.1 Å². The van der Waals surface area contributed by atoms with Gasteiger partial charge in [-0.15, -0.1) is 0 Å². The molecule has 2 aromatic rings. The maximum atomic E-state index is 13.0. The largest absolute Gasteiger partial charge is 0.325 e. The minimum Gasteiger partial charge on any atom is -0.325 e. The summed E-state index contributed by atoms with van der Waals surface area (Å²) in [6.45, 7) is 2.02. The van der Waals surface area contributed by atoms with E-state index in [9.17, 15) is 14.0 Å². The molecule has 0 saturated carbocycles. The van der Waals surface area contributed by atoms with E-state index >= 15 is 0 Å². The Morgan fingerprint density at radius 1 is 1.21 bits per heavy atom. The number of thioether (sulfide) groups is 1. The van der Waals surface area contributed by atoms with Gasteiger partial charge in [0, 0.05) is 11.3 Å². The predicted octanol–water partition coefficient (Wildman–Crippen LogP) is 3.96. The fourth-order valence-corrected chi connectivity index (χ4v) is 4.02. The van der Waals surface area contributed by atoms with Crippen molar-refractivity contribution in [2.24, 2.45) is 9.98 Å². The predicted molar refractivity (Wildman–Crippen MR) is 113 cm³/mol. The zero-order valence-electron chi connectivity index (χ0n) is 15.8. The second-order valence-corrected chi connectivity index (χ2v) is 7.63. The van der Waals surface area contributed by atoms with Gasteiger partial charge in [0.25, 0.3) is 5.91 Å². The Hall–Kier alpha value is -3.00. The quantitative estimate of drug-likeness (QED) is 0.811. The summed E-state index contributed by atoms with van der Waals surface area (Å²) in [7, 11) is 0. The van der Waals surface area contributed by atoms with Crippen LogP contribution in [0.2, 0.25) is 0 Å². The molecule has 0 spiro atoms. The lowest BCUT2D eigenvalue weighted by Gasteiger charge is -2.25. The highest BCUT2D eigenvalue weighted by Crippen LogP contribution is 2.34. The Balaban J connectivity index is 1.53. The van der Waals surface area contributed by atoms with Crippen molar-refractivity contribution in [1.82, 2.24) is 4.90 Å². The van der Waals surface area contributed by atoms with Crippen molar-refractivity contribution in [3.63, 3.8) is 0 Å². The van der Waals surface area contributed by atoms with Crippen LogP contribution < -0.4 is 5.32 Å². The number of amides is 2. The fraction of sp³-hybridized carbons (Fsp3) is 0.238. The third-order valence-electron chi connectivity index (χ3n) is 4.57. The molecule has 0 unspecified atom stereocenters. The number of amidine groups is 2. The monoisotopic (exact) mass is 410 g/mol. The van der Waals surface area contributed by atoms with Crippen LogP contribution >= 0.6 is 11.8 Å². The van der Waals surface area contributed by atoms with Crippen molar-refractivity contribution in [3.8, 4) is 0 Å². The van der Waals surface area contributed by atoms with Crippen LogP contribution in [-0.4, -0.2) is 39.5 Å². The number of nitrogens with one attached hydrogen (secondary N) is 1. The summed E-state index contributed by atoms with van der Waals surface area (Å²) >= 11 is 1.18. The molecule has 29 heavy (non-hydrogen) atoms. The first-order valence-corrected chi connectivity index (χ1v) is 10.3. The molecule has 2 heterocycles. The maximum Gasteiger partial charge on any atom is 0.259 e. The van der Waals surface area contributed by atoms with Crippen LogP contribution in [0.4, 0.5) is 15.8 Å². The van der Waals surface area contributed by atoms with Crippen LogP contribution in [0, 0.1) is 5.82 Å². The van der Waals surface area contributed by atoms with Gasteiger partial charge in [-0.05, 0) is 42.8 Å². The summed E-state index contributed by atoms with van der Waals surface area (Å²) in [6.07, 6.45) is 1.52. The molecule has 2 aliphatic rings.